The van der Waals surface area contributed by atoms with Gasteiger partial charge in [0, 0.05) is 5.41 Å². The van der Waals surface area contributed by atoms with Crippen molar-refractivity contribution in [2.24, 2.45) is 46.8 Å². The Labute approximate surface area is 147 Å². The molecule has 2 saturated carbocycles. The standard InChI is InChI=1S/C19H26O6/c1-8-11-5-12(13(6-11)16(21)22)14(8)7-19(4,10(3)20)15-9(2)17(23)25-18(15)24/h8-9,11-15H,5-7H2,1-4H3,(H,21,22). The summed E-state index contributed by atoms with van der Waals surface area (Å²) in [5.74, 6) is -3.11. The van der Waals surface area contributed by atoms with Crippen LogP contribution in [0.4, 0.5) is 0 Å². The minimum Gasteiger partial charge on any atom is -0.481 e. The summed E-state index contributed by atoms with van der Waals surface area (Å²) in [5.41, 5.74) is -1.00. The number of esters is 2. The highest BCUT2D eigenvalue weighted by molar-refractivity contribution is 6.00. The lowest BCUT2D eigenvalue weighted by Gasteiger charge is -2.40. The molecule has 2 bridgehead atoms. The summed E-state index contributed by atoms with van der Waals surface area (Å²) in [7, 11) is 0. The Balaban J connectivity index is 1.90. The lowest BCUT2D eigenvalue weighted by Crippen LogP contribution is -2.44. The van der Waals surface area contributed by atoms with E-state index in [2.05, 4.69) is 6.92 Å². The summed E-state index contributed by atoms with van der Waals surface area (Å²) in [6.07, 6.45) is 2.01. The van der Waals surface area contributed by atoms with Gasteiger partial charge in [-0.25, -0.2) is 0 Å². The highest BCUT2D eigenvalue weighted by Gasteiger charge is 2.59. The van der Waals surface area contributed by atoms with Crippen molar-refractivity contribution < 1.29 is 29.0 Å². The first-order valence-electron chi connectivity index (χ1n) is 9.07. The molecule has 0 amide bonds. The minimum atomic E-state index is -1.00. The second-order valence-electron chi connectivity index (χ2n) is 8.55. The first-order valence-corrected chi connectivity index (χ1v) is 9.07. The maximum absolute atomic E-state index is 12.5. The number of carboxylic acid groups (broad SMARTS) is 1. The Morgan fingerprint density at radius 1 is 1.20 bits per heavy atom. The van der Waals surface area contributed by atoms with Crippen LogP contribution in [0.3, 0.4) is 0 Å². The van der Waals surface area contributed by atoms with E-state index in [9.17, 15) is 24.3 Å². The largest absolute Gasteiger partial charge is 0.481 e. The smallest absolute Gasteiger partial charge is 0.318 e. The molecule has 0 radical (unpaired) electrons. The number of Topliss-reactive ketones (excluding diaryl/α,β-unsaturated/α-hetero) is 1. The van der Waals surface area contributed by atoms with E-state index < -0.39 is 35.2 Å². The van der Waals surface area contributed by atoms with Crippen LogP contribution in [-0.2, 0) is 23.9 Å². The van der Waals surface area contributed by atoms with Crippen LogP contribution in [0, 0.1) is 46.8 Å². The van der Waals surface area contributed by atoms with Crippen LogP contribution in [0.5, 0.6) is 0 Å². The summed E-state index contributed by atoms with van der Waals surface area (Å²) in [5, 5.41) is 9.49. The lowest BCUT2D eigenvalue weighted by molar-refractivity contribution is -0.156. The van der Waals surface area contributed by atoms with Crippen LogP contribution in [0.15, 0.2) is 0 Å². The fraction of sp³-hybridized carbons (Fsp3) is 0.789. The van der Waals surface area contributed by atoms with Crippen molar-refractivity contribution in [3.63, 3.8) is 0 Å². The highest BCUT2D eigenvalue weighted by Crippen LogP contribution is 2.59. The highest BCUT2D eigenvalue weighted by atomic mass is 16.6. The van der Waals surface area contributed by atoms with Crippen molar-refractivity contribution in [3.05, 3.63) is 0 Å². The molecule has 0 spiro atoms. The monoisotopic (exact) mass is 350 g/mol. The van der Waals surface area contributed by atoms with Crippen LogP contribution >= 0.6 is 0 Å². The molecule has 1 aliphatic heterocycles. The molecule has 6 heteroatoms. The molecule has 2 aliphatic carbocycles. The molecular formula is C19H26O6. The second-order valence-corrected chi connectivity index (χ2v) is 8.55. The third kappa shape index (κ3) is 2.61. The van der Waals surface area contributed by atoms with Crippen molar-refractivity contribution in [1.29, 1.82) is 0 Å². The van der Waals surface area contributed by atoms with E-state index in [0.717, 1.165) is 6.42 Å². The van der Waals surface area contributed by atoms with Gasteiger partial charge in [0.2, 0.25) is 0 Å². The van der Waals surface area contributed by atoms with Gasteiger partial charge in [0.15, 0.2) is 0 Å². The number of ketones is 1. The van der Waals surface area contributed by atoms with Gasteiger partial charge in [-0.3, -0.25) is 19.2 Å². The van der Waals surface area contributed by atoms with Gasteiger partial charge in [-0.05, 0) is 49.9 Å². The molecule has 1 saturated heterocycles. The van der Waals surface area contributed by atoms with Gasteiger partial charge in [-0.1, -0.05) is 20.8 Å². The van der Waals surface area contributed by atoms with Crippen molar-refractivity contribution >= 4 is 23.7 Å². The number of rotatable bonds is 5. The first kappa shape index (κ1) is 18.1. The number of hydrogen-bond donors (Lipinski definition) is 1. The molecule has 1 heterocycles. The van der Waals surface area contributed by atoms with Crippen molar-refractivity contribution in [3.8, 4) is 0 Å². The van der Waals surface area contributed by atoms with Crippen LogP contribution in [-0.4, -0.2) is 28.8 Å². The maximum atomic E-state index is 12.5. The molecule has 0 aromatic rings. The Morgan fingerprint density at radius 3 is 2.28 bits per heavy atom. The zero-order valence-electron chi connectivity index (χ0n) is 15.2. The fourth-order valence-electron chi connectivity index (χ4n) is 5.76. The normalized spacial score (nSPS) is 42.3. The van der Waals surface area contributed by atoms with Crippen molar-refractivity contribution in [1.82, 2.24) is 0 Å². The molecule has 0 aromatic carbocycles. The van der Waals surface area contributed by atoms with E-state index in [4.69, 9.17) is 4.74 Å². The fourth-order valence-corrected chi connectivity index (χ4v) is 5.76. The molecule has 8 unspecified atom stereocenters. The molecule has 0 aromatic heterocycles. The molecule has 1 N–H and O–H groups in total. The van der Waals surface area contributed by atoms with Gasteiger partial charge in [-0.15, -0.1) is 0 Å². The molecule has 3 aliphatic rings. The van der Waals surface area contributed by atoms with Crippen LogP contribution in [0.1, 0.15) is 47.0 Å². The number of carbonyl (C=O) groups excluding carboxylic acids is 3. The third-order valence-electron chi connectivity index (χ3n) is 7.41. The topological polar surface area (TPSA) is 97.7 Å². The number of aliphatic carboxylic acids is 1. The zero-order valence-corrected chi connectivity index (χ0v) is 15.2. The van der Waals surface area contributed by atoms with Gasteiger partial charge in [-0.2, -0.15) is 0 Å². The number of ether oxygens (including phenoxy) is 1. The van der Waals surface area contributed by atoms with Crippen LogP contribution < -0.4 is 0 Å². The SMILES string of the molecule is CC(=O)C(C)(CC1C(C)C2CC(C(=O)O)C1C2)C1C(=O)OC(=O)C1C. The molecule has 8 atom stereocenters. The van der Waals surface area contributed by atoms with E-state index in [1.165, 1.54) is 6.92 Å². The van der Waals surface area contributed by atoms with E-state index in [1.807, 2.05) is 0 Å². The van der Waals surface area contributed by atoms with E-state index in [1.54, 1.807) is 13.8 Å². The van der Waals surface area contributed by atoms with E-state index >= 15 is 0 Å². The van der Waals surface area contributed by atoms with Crippen molar-refractivity contribution in [2.75, 3.05) is 0 Å². The van der Waals surface area contributed by atoms with Gasteiger partial charge >= 0.3 is 17.9 Å². The third-order valence-corrected chi connectivity index (χ3v) is 7.41. The minimum absolute atomic E-state index is 0.0413. The number of carboxylic acids is 1. The summed E-state index contributed by atoms with van der Waals surface area (Å²) in [6.45, 7) is 6.94. The summed E-state index contributed by atoms with van der Waals surface area (Å²) < 4.78 is 4.77. The molecule has 6 nitrogen and oxygen atoms in total. The Morgan fingerprint density at radius 2 is 1.84 bits per heavy atom. The van der Waals surface area contributed by atoms with Gasteiger partial charge in [0.25, 0.3) is 0 Å². The maximum Gasteiger partial charge on any atom is 0.318 e. The molecular weight excluding hydrogens is 324 g/mol. The Kier molecular flexibility index (Phi) is 4.28. The number of cyclic esters (lactones) is 2. The molecule has 3 rings (SSSR count). The van der Waals surface area contributed by atoms with E-state index in [-0.39, 0.29) is 23.5 Å². The number of fused-ring (bicyclic) bond motifs is 2. The average molecular weight is 350 g/mol. The molecule has 3 fully saturated rings. The summed E-state index contributed by atoms with van der Waals surface area (Å²) in [6, 6.07) is 0. The lowest BCUT2D eigenvalue weighted by atomic mass is 9.61. The van der Waals surface area contributed by atoms with E-state index in [0.29, 0.717) is 24.7 Å². The van der Waals surface area contributed by atoms with Crippen LogP contribution in [0.2, 0.25) is 0 Å². The second kappa shape index (κ2) is 5.92. The van der Waals surface area contributed by atoms with Gasteiger partial charge < -0.3 is 9.84 Å². The van der Waals surface area contributed by atoms with Gasteiger partial charge in [0.05, 0.1) is 17.8 Å². The predicted octanol–water partition coefficient (Wildman–Crippen LogP) is 2.30. The summed E-state index contributed by atoms with van der Waals surface area (Å²) >= 11 is 0. The number of hydrogen-bond acceptors (Lipinski definition) is 5. The Bertz CT molecular complexity index is 640. The average Bonchev–Trinajstić information content (AvgIpc) is 3.14. The number of carbonyl (C=O) groups is 4. The summed E-state index contributed by atoms with van der Waals surface area (Å²) in [4.78, 5) is 48.1. The molecule has 25 heavy (non-hydrogen) atoms. The molecule has 138 valence electrons. The van der Waals surface area contributed by atoms with Crippen LogP contribution in [0.25, 0.3) is 0 Å². The first-order chi connectivity index (χ1) is 11.6. The predicted molar refractivity (Wildman–Crippen MR) is 87.2 cm³/mol. The van der Waals surface area contributed by atoms with Gasteiger partial charge in [0.1, 0.15) is 5.78 Å². The Hall–Kier alpha value is -1.72. The van der Waals surface area contributed by atoms with Crippen molar-refractivity contribution in [2.45, 2.75) is 47.0 Å². The zero-order chi connectivity index (χ0) is 18.7. The quantitative estimate of drug-likeness (QED) is 0.603.